The largest absolute Gasteiger partial charge is 0.404 e. The first-order valence-electron chi connectivity index (χ1n) is 7.09. The topological polar surface area (TPSA) is 41.1 Å². The van der Waals surface area contributed by atoms with Gasteiger partial charge < -0.3 is 10.6 Å². The summed E-state index contributed by atoms with van der Waals surface area (Å²) < 4.78 is 39.7. The van der Waals surface area contributed by atoms with E-state index in [1.807, 2.05) is 6.07 Å². The van der Waals surface area contributed by atoms with Crippen molar-refractivity contribution < 1.29 is 18.0 Å². The third kappa shape index (κ3) is 2.57. The van der Waals surface area contributed by atoms with Crippen molar-refractivity contribution in [3.8, 4) is 0 Å². The molecule has 1 unspecified atom stereocenters. The van der Waals surface area contributed by atoms with Crippen molar-refractivity contribution in [2.24, 2.45) is 5.41 Å². The normalized spacial score (nSPS) is 25.1. The molecule has 1 aromatic rings. The average molecular weight is 318 g/mol. The van der Waals surface area contributed by atoms with Crippen molar-refractivity contribution in [3.63, 3.8) is 0 Å². The number of fused-ring (bicyclic) bond motifs is 1. The van der Waals surface area contributed by atoms with Gasteiger partial charge in [-0.2, -0.15) is 13.2 Å². The minimum absolute atomic E-state index is 0.189. The molecular weight excluding hydrogens is 301 g/mol. The van der Waals surface area contributed by atoms with Crippen LogP contribution >= 0.6 is 11.3 Å². The molecule has 116 valence electrons. The molecule has 2 heterocycles. The number of alkyl halides is 3. The zero-order valence-corrected chi connectivity index (χ0v) is 12.3. The van der Waals surface area contributed by atoms with Crippen molar-refractivity contribution in [2.45, 2.75) is 38.4 Å². The third-order valence-electron chi connectivity index (χ3n) is 4.35. The standard InChI is InChI=1S/C14H17F3N2OS/c15-14(16,17)13(4-5-18-8-13)12(20)19-7-10-6-9-2-1-3-11(9)21-10/h6,18H,1-5,7-8H2,(H,19,20). The quantitative estimate of drug-likeness (QED) is 0.898. The second kappa shape index (κ2) is 5.28. The van der Waals surface area contributed by atoms with E-state index >= 15 is 0 Å². The molecule has 7 heteroatoms. The van der Waals surface area contributed by atoms with Crippen LogP contribution in [0.1, 0.15) is 28.2 Å². The van der Waals surface area contributed by atoms with Gasteiger partial charge in [-0.05, 0) is 43.9 Å². The lowest BCUT2D eigenvalue weighted by Crippen LogP contribution is -2.51. The molecule has 0 radical (unpaired) electrons. The maximum Gasteiger partial charge on any atom is 0.404 e. The van der Waals surface area contributed by atoms with Crippen LogP contribution in [0.3, 0.4) is 0 Å². The van der Waals surface area contributed by atoms with Crippen LogP contribution in [0.5, 0.6) is 0 Å². The average Bonchev–Trinajstić information content (AvgIpc) is 3.09. The van der Waals surface area contributed by atoms with E-state index in [-0.39, 0.29) is 26.1 Å². The van der Waals surface area contributed by atoms with Gasteiger partial charge in [0.05, 0.1) is 6.54 Å². The lowest BCUT2D eigenvalue weighted by molar-refractivity contribution is -0.216. The molecule has 1 saturated heterocycles. The third-order valence-corrected chi connectivity index (χ3v) is 5.59. The molecule has 1 fully saturated rings. The Morgan fingerprint density at radius 2 is 2.24 bits per heavy atom. The number of aryl methyl sites for hydroxylation is 2. The number of thiophene rings is 1. The number of amides is 1. The van der Waals surface area contributed by atoms with Crippen LogP contribution in [-0.4, -0.2) is 25.2 Å². The van der Waals surface area contributed by atoms with Gasteiger partial charge in [0.15, 0.2) is 5.41 Å². The number of halogens is 3. The maximum atomic E-state index is 13.2. The fraction of sp³-hybridized carbons (Fsp3) is 0.643. The molecule has 3 rings (SSSR count). The Morgan fingerprint density at radius 3 is 2.86 bits per heavy atom. The molecule has 3 nitrogen and oxygen atoms in total. The number of nitrogens with one attached hydrogen (secondary N) is 2. The zero-order chi connectivity index (χ0) is 15.1. The summed E-state index contributed by atoms with van der Waals surface area (Å²) in [5.41, 5.74) is -0.982. The zero-order valence-electron chi connectivity index (χ0n) is 11.5. The monoisotopic (exact) mass is 318 g/mol. The fourth-order valence-electron chi connectivity index (χ4n) is 3.07. The predicted octanol–water partition coefficient (Wildman–Crippen LogP) is 2.40. The summed E-state index contributed by atoms with van der Waals surface area (Å²) in [6.45, 7) is 0.0812. The van der Waals surface area contributed by atoms with Crippen LogP contribution in [0.2, 0.25) is 0 Å². The van der Waals surface area contributed by atoms with Crippen molar-refractivity contribution in [3.05, 3.63) is 21.4 Å². The van der Waals surface area contributed by atoms with Crippen LogP contribution in [0.15, 0.2) is 6.07 Å². The highest BCUT2D eigenvalue weighted by atomic mass is 32.1. The smallest absolute Gasteiger partial charge is 0.350 e. The van der Waals surface area contributed by atoms with Crippen molar-refractivity contribution in [2.75, 3.05) is 13.1 Å². The molecule has 0 aromatic carbocycles. The summed E-state index contributed by atoms with van der Waals surface area (Å²) in [6, 6.07) is 2.01. The Labute approximate surface area is 124 Å². The van der Waals surface area contributed by atoms with Crippen LogP contribution in [0.25, 0.3) is 0 Å². The molecule has 1 aliphatic carbocycles. The predicted molar refractivity (Wildman–Crippen MR) is 74.2 cm³/mol. The van der Waals surface area contributed by atoms with Gasteiger partial charge in [0.25, 0.3) is 0 Å². The van der Waals surface area contributed by atoms with E-state index in [0.717, 1.165) is 24.1 Å². The minimum atomic E-state index is -4.52. The molecule has 1 atom stereocenters. The molecule has 1 aliphatic heterocycles. The Morgan fingerprint density at radius 1 is 1.43 bits per heavy atom. The molecule has 21 heavy (non-hydrogen) atoms. The van der Waals surface area contributed by atoms with E-state index in [2.05, 4.69) is 10.6 Å². The molecule has 2 aliphatic rings. The lowest BCUT2D eigenvalue weighted by atomic mass is 9.85. The summed E-state index contributed by atoms with van der Waals surface area (Å²) in [7, 11) is 0. The molecule has 2 N–H and O–H groups in total. The van der Waals surface area contributed by atoms with Gasteiger partial charge in [-0.3, -0.25) is 4.79 Å². The molecular formula is C14H17F3N2OS. The van der Waals surface area contributed by atoms with Gasteiger partial charge in [-0.1, -0.05) is 0 Å². The highest BCUT2D eigenvalue weighted by Gasteiger charge is 2.61. The Balaban J connectivity index is 1.67. The summed E-state index contributed by atoms with van der Waals surface area (Å²) in [6.07, 6.45) is -1.47. The van der Waals surface area contributed by atoms with E-state index in [9.17, 15) is 18.0 Å². The van der Waals surface area contributed by atoms with Crippen molar-refractivity contribution in [1.29, 1.82) is 0 Å². The summed E-state index contributed by atoms with van der Waals surface area (Å²) in [5, 5.41) is 5.14. The SMILES string of the molecule is O=C(NCc1cc2c(s1)CCC2)C1(C(F)(F)F)CCNC1. The van der Waals surface area contributed by atoms with E-state index in [0.29, 0.717) is 0 Å². The second-order valence-electron chi connectivity index (χ2n) is 5.70. The molecule has 0 bridgehead atoms. The van der Waals surface area contributed by atoms with E-state index in [4.69, 9.17) is 0 Å². The number of carbonyl (C=O) groups is 1. The summed E-state index contributed by atoms with van der Waals surface area (Å²) in [4.78, 5) is 14.3. The molecule has 0 saturated carbocycles. The molecule has 1 aromatic heterocycles. The Kier molecular flexibility index (Phi) is 3.73. The molecule has 1 amide bonds. The first kappa shape index (κ1) is 14.8. The van der Waals surface area contributed by atoms with Crippen LogP contribution in [0.4, 0.5) is 13.2 Å². The van der Waals surface area contributed by atoms with E-state index in [1.54, 1.807) is 11.3 Å². The number of hydrogen-bond acceptors (Lipinski definition) is 3. The number of hydrogen-bond donors (Lipinski definition) is 2. The first-order chi connectivity index (χ1) is 9.92. The maximum absolute atomic E-state index is 13.2. The summed E-state index contributed by atoms with van der Waals surface area (Å²) in [5.74, 6) is -0.909. The van der Waals surface area contributed by atoms with Crippen molar-refractivity contribution >= 4 is 17.2 Å². The Bertz CT molecular complexity index is 525. The van der Waals surface area contributed by atoms with Crippen molar-refractivity contribution in [1.82, 2.24) is 10.6 Å². The fourth-order valence-corrected chi connectivity index (χ4v) is 4.27. The van der Waals surface area contributed by atoms with Gasteiger partial charge in [0.2, 0.25) is 5.91 Å². The van der Waals surface area contributed by atoms with Gasteiger partial charge in [0, 0.05) is 16.3 Å². The highest BCUT2D eigenvalue weighted by Crippen LogP contribution is 2.43. The van der Waals surface area contributed by atoms with E-state index < -0.39 is 17.5 Å². The first-order valence-corrected chi connectivity index (χ1v) is 7.90. The minimum Gasteiger partial charge on any atom is -0.350 e. The van der Waals surface area contributed by atoms with Crippen LogP contribution in [-0.2, 0) is 24.2 Å². The van der Waals surface area contributed by atoms with Crippen LogP contribution < -0.4 is 10.6 Å². The second-order valence-corrected chi connectivity index (χ2v) is 6.93. The van der Waals surface area contributed by atoms with E-state index in [1.165, 1.54) is 10.4 Å². The van der Waals surface area contributed by atoms with Gasteiger partial charge in [-0.15, -0.1) is 11.3 Å². The lowest BCUT2D eigenvalue weighted by Gasteiger charge is -2.29. The van der Waals surface area contributed by atoms with Gasteiger partial charge >= 0.3 is 6.18 Å². The number of rotatable bonds is 3. The van der Waals surface area contributed by atoms with Gasteiger partial charge in [0.1, 0.15) is 0 Å². The highest BCUT2D eigenvalue weighted by molar-refractivity contribution is 7.12. The molecule has 0 spiro atoms. The number of carbonyl (C=O) groups excluding carboxylic acids is 1. The van der Waals surface area contributed by atoms with Gasteiger partial charge in [-0.25, -0.2) is 0 Å². The summed E-state index contributed by atoms with van der Waals surface area (Å²) >= 11 is 1.60. The van der Waals surface area contributed by atoms with Crippen LogP contribution in [0, 0.1) is 5.41 Å². The Hall–Kier alpha value is -1.08.